The highest BCUT2D eigenvalue weighted by Gasteiger charge is 2.28. The fourth-order valence-corrected chi connectivity index (χ4v) is 2.11. The van der Waals surface area contributed by atoms with Gasteiger partial charge in [0.2, 0.25) is 0 Å². The van der Waals surface area contributed by atoms with E-state index in [1.165, 1.54) is 12.8 Å². The molecule has 1 unspecified atom stereocenters. The minimum Gasteiger partial charge on any atom is -0.373 e. The zero-order valence-electron chi connectivity index (χ0n) is 12.0. The summed E-state index contributed by atoms with van der Waals surface area (Å²) >= 11 is 0. The maximum absolute atomic E-state index is 4.67. The molecule has 0 spiro atoms. The second kappa shape index (κ2) is 5.12. The fraction of sp³-hybridized carbons (Fsp3) is 0.714. The van der Waals surface area contributed by atoms with E-state index in [1.54, 1.807) is 0 Å². The van der Waals surface area contributed by atoms with Crippen LogP contribution in [0.2, 0.25) is 0 Å². The lowest BCUT2D eigenvalue weighted by Crippen LogP contribution is -2.20. The van der Waals surface area contributed by atoms with Gasteiger partial charge < -0.3 is 10.6 Å². The van der Waals surface area contributed by atoms with Crippen LogP contribution in [0.15, 0.2) is 0 Å². The molecule has 18 heavy (non-hydrogen) atoms. The van der Waals surface area contributed by atoms with Crippen LogP contribution in [0.25, 0.3) is 0 Å². The van der Waals surface area contributed by atoms with Crippen LogP contribution in [0, 0.1) is 12.8 Å². The van der Waals surface area contributed by atoms with E-state index in [0.717, 1.165) is 28.9 Å². The molecule has 1 atom stereocenters. The standard InChI is InChI=1S/C14H24N4/c1-8(2)12-17-13(15-5)9(3)14(18-12)16-10(4)11-6-7-11/h8,10-11H,6-7H2,1-5H3,(H2,15,16,17,18). The summed E-state index contributed by atoms with van der Waals surface area (Å²) in [5.74, 6) is 3.97. The van der Waals surface area contributed by atoms with Crippen LogP contribution in [0.1, 0.15) is 50.9 Å². The van der Waals surface area contributed by atoms with Gasteiger partial charge in [-0.25, -0.2) is 9.97 Å². The minimum absolute atomic E-state index is 0.342. The van der Waals surface area contributed by atoms with Gasteiger partial charge in [0.05, 0.1) is 0 Å². The average molecular weight is 248 g/mol. The van der Waals surface area contributed by atoms with Gasteiger partial charge in [0.15, 0.2) is 0 Å². The van der Waals surface area contributed by atoms with Crippen LogP contribution in [0.3, 0.4) is 0 Å². The Kier molecular flexibility index (Phi) is 3.73. The third-order valence-corrected chi connectivity index (χ3v) is 3.61. The third kappa shape index (κ3) is 2.74. The highest BCUT2D eigenvalue weighted by molar-refractivity contribution is 5.57. The molecule has 4 heteroatoms. The van der Waals surface area contributed by atoms with Gasteiger partial charge in [-0.05, 0) is 32.6 Å². The van der Waals surface area contributed by atoms with E-state index in [1.807, 2.05) is 7.05 Å². The molecule has 0 amide bonds. The van der Waals surface area contributed by atoms with Crippen LogP contribution in [0.5, 0.6) is 0 Å². The molecule has 0 bridgehead atoms. The molecule has 0 aromatic carbocycles. The zero-order valence-corrected chi connectivity index (χ0v) is 12.0. The van der Waals surface area contributed by atoms with Crippen molar-refractivity contribution in [2.75, 3.05) is 17.7 Å². The van der Waals surface area contributed by atoms with E-state index in [4.69, 9.17) is 0 Å². The largest absolute Gasteiger partial charge is 0.373 e. The van der Waals surface area contributed by atoms with E-state index < -0.39 is 0 Å². The SMILES string of the molecule is CNc1nc(C(C)C)nc(NC(C)C2CC2)c1C. The normalized spacial score (nSPS) is 16.8. The number of hydrogen-bond acceptors (Lipinski definition) is 4. The van der Waals surface area contributed by atoms with Crippen LogP contribution >= 0.6 is 0 Å². The molecule has 1 aromatic heterocycles. The van der Waals surface area contributed by atoms with Gasteiger partial charge in [-0.3, -0.25) is 0 Å². The summed E-state index contributed by atoms with van der Waals surface area (Å²) in [4.78, 5) is 9.22. The lowest BCUT2D eigenvalue weighted by atomic mass is 10.1. The van der Waals surface area contributed by atoms with Crippen molar-refractivity contribution < 1.29 is 0 Å². The van der Waals surface area contributed by atoms with Crippen molar-refractivity contribution in [3.8, 4) is 0 Å². The van der Waals surface area contributed by atoms with Crippen molar-refractivity contribution in [2.24, 2.45) is 5.92 Å². The molecule has 0 aliphatic heterocycles. The van der Waals surface area contributed by atoms with Gasteiger partial charge in [-0.1, -0.05) is 13.8 Å². The average Bonchev–Trinajstić information content (AvgIpc) is 3.15. The van der Waals surface area contributed by atoms with Crippen molar-refractivity contribution in [3.63, 3.8) is 0 Å². The summed E-state index contributed by atoms with van der Waals surface area (Å²) in [6, 6.07) is 0.503. The molecule has 4 nitrogen and oxygen atoms in total. The minimum atomic E-state index is 0.342. The molecule has 1 fully saturated rings. The summed E-state index contributed by atoms with van der Waals surface area (Å²) in [6.07, 6.45) is 2.68. The first-order chi connectivity index (χ1) is 8.52. The zero-order chi connectivity index (χ0) is 13.3. The second-order valence-electron chi connectivity index (χ2n) is 5.58. The Morgan fingerprint density at radius 1 is 1.11 bits per heavy atom. The fourth-order valence-electron chi connectivity index (χ4n) is 2.11. The van der Waals surface area contributed by atoms with Crippen molar-refractivity contribution in [1.29, 1.82) is 0 Å². The van der Waals surface area contributed by atoms with Gasteiger partial charge in [-0.2, -0.15) is 0 Å². The Labute approximate surface area is 110 Å². The molecule has 1 saturated carbocycles. The smallest absolute Gasteiger partial charge is 0.135 e. The maximum Gasteiger partial charge on any atom is 0.135 e. The topological polar surface area (TPSA) is 49.8 Å². The molecular formula is C14H24N4. The first kappa shape index (κ1) is 13.1. The number of aromatic nitrogens is 2. The number of nitrogens with zero attached hydrogens (tertiary/aromatic N) is 2. The van der Waals surface area contributed by atoms with Crippen molar-refractivity contribution in [3.05, 3.63) is 11.4 Å². The summed E-state index contributed by atoms with van der Waals surface area (Å²) < 4.78 is 0. The number of rotatable bonds is 5. The van der Waals surface area contributed by atoms with E-state index in [2.05, 4.69) is 48.3 Å². The summed E-state index contributed by atoms with van der Waals surface area (Å²) in [7, 11) is 1.91. The Balaban J connectivity index is 2.28. The first-order valence-electron chi connectivity index (χ1n) is 6.85. The first-order valence-corrected chi connectivity index (χ1v) is 6.85. The third-order valence-electron chi connectivity index (χ3n) is 3.61. The number of hydrogen-bond donors (Lipinski definition) is 2. The molecule has 2 N–H and O–H groups in total. The Hall–Kier alpha value is -1.32. The van der Waals surface area contributed by atoms with Crippen molar-refractivity contribution >= 4 is 11.6 Å². The predicted octanol–water partition coefficient (Wildman–Crippen LogP) is 3.16. The molecule has 1 aromatic rings. The lowest BCUT2D eigenvalue weighted by molar-refractivity contribution is 0.684. The number of nitrogens with one attached hydrogen (secondary N) is 2. The van der Waals surface area contributed by atoms with Crippen LogP contribution in [-0.4, -0.2) is 23.1 Å². The van der Waals surface area contributed by atoms with Crippen molar-refractivity contribution in [1.82, 2.24) is 9.97 Å². The Morgan fingerprint density at radius 3 is 2.22 bits per heavy atom. The van der Waals surface area contributed by atoms with Gasteiger partial charge in [0.1, 0.15) is 17.5 Å². The van der Waals surface area contributed by atoms with Gasteiger partial charge >= 0.3 is 0 Å². The van der Waals surface area contributed by atoms with Crippen molar-refractivity contribution in [2.45, 2.75) is 52.5 Å². The van der Waals surface area contributed by atoms with Crippen LogP contribution in [-0.2, 0) is 0 Å². The number of anilines is 2. The quantitative estimate of drug-likeness (QED) is 0.840. The Bertz CT molecular complexity index is 424. The summed E-state index contributed by atoms with van der Waals surface area (Å²) in [5.41, 5.74) is 1.11. The molecule has 1 aliphatic rings. The molecule has 0 saturated heterocycles. The van der Waals surface area contributed by atoms with E-state index in [9.17, 15) is 0 Å². The van der Waals surface area contributed by atoms with Crippen LogP contribution < -0.4 is 10.6 Å². The van der Waals surface area contributed by atoms with Gasteiger partial charge in [0.25, 0.3) is 0 Å². The van der Waals surface area contributed by atoms with E-state index >= 15 is 0 Å². The molecule has 1 heterocycles. The van der Waals surface area contributed by atoms with E-state index in [-0.39, 0.29) is 0 Å². The summed E-state index contributed by atoms with van der Waals surface area (Å²) in [5, 5.41) is 6.71. The highest BCUT2D eigenvalue weighted by Crippen LogP contribution is 2.34. The van der Waals surface area contributed by atoms with Gasteiger partial charge in [0, 0.05) is 24.6 Å². The lowest BCUT2D eigenvalue weighted by Gasteiger charge is -2.18. The molecule has 100 valence electrons. The van der Waals surface area contributed by atoms with Gasteiger partial charge in [-0.15, -0.1) is 0 Å². The maximum atomic E-state index is 4.67. The molecule has 0 radical (unpaired) electrons. The summed E-state index contributed by atoms with van der Waals surface area (Å²) in [6.45, 7) is 8.56. The van der Waals surface area contributed by atoms with E-state index in [0.29, 0.717) is 12.0 Å². The monoisotopic (exact) mass is 248 g/mol. The highest BCUT2D eigenvalue weighted by atomic mass is 15.1. The molecule has 2 rings (SSSR count). The second-order valence-corrected chi connectivity index (χ2v) is 5.58. The predicted molar refractivity (Wildman–Crippen MR) is 76.2 cm³/mol. The van der Waals surface area contributed by atoms with Crippen LogP contribution in [0.4, 0.5) is 11.6 Å². The molecule has 1 aliphatic carbocycles. The Morgan fingerprint density at radius 2 is 1.72 bits per heavy atom. The molecular weight excluding hydrogens is 224 g/mol.